The summed E-state index contributed by atoms with van der Waals surface area (Å²) in [4.78, 5) is 17.9. The minimum atomic E-state index is -0.360. The summed E-state index contributed by atoms with van der Waals surface area (Å²) in [6.45, 7) is 8.97. The number of thiazole rings is 1. The standard InChI is InChI=1S/C13H24N4O3S/c1-3-19-7-5-17(6-8-20-4-2)9-11-10-21-13(15-11)12(18)16-14/h10H,3-9,14H2,1-2H3,(H,16,18). The first-order valence-corrected chi connectivity index (χ1v) is 7.92. The zero-order valence-corrected chi connectivity index (χ0v) is 13.4. The van der Waals surface area contributed by atoms with E-state index >= 15 is 0 Å². The number of nitrogens with zero attached hydrogens (tertiary/aromatic N) is 2. The molecule has 1 aromatic heterocycles. The molecule has 1 rings (SSSR count). The molecule has 0 aliphatic carbocycles. The lowest BCUT2D eigenvalue weighted by Gasteiger charge is -2.21. The molecule has 21 heavy (non-hydrogen) atoms. The number of aromatic nitrogens is 1. The number of rotatable bonds is 11. The molecular formula is C13H24N4O3S. The number of hydrazine groups is 1. The zero-order valence-electron chi connectivity index (χ0n) is 12.6. The van der Waals surface area contributed by atoms with Gasteiger partial charge >= 0.3 is 0 Å². The van der Waals surface area contributed by atoms with Gasteiger partial charge in [-0.05, 0) is 13.8 Å². The highest BCUT2D eigenvalue weighted by Crippen LogP contribution is 2.11. The van der Waals surface area contributed by atoms with E-state index in [1.807, 2.05) is 19.2 Å². The minimum Gasteiger partial charge on any atom is -0.380 e. The van der Waals surface area contributed by atoms with E-state index in [-0.39, 0.29) is 5.91 Å². The smallest absolute Gasteiger partial charge is 0.294 e. The molecule has 0 fully saturated rings. The van der Waals surface area contributed by atoms with Crippen LogP contribution in [0.5, 0.6) is 0 Å². The van der Waals surface area contributed by atoms with E-state index in [4.69, 9.17) is 15.3 Å². The second kappa shape index (κ2) is 10.6. The molecule has 0 aliphatic heterocycles. The van der Waals surface area contributed by atoms with Crippen LogP contribution in [-0.2, 0) is 16.0 Å². The highest BCUT2D eigenvalue weighted by Gasteiger charge is 2.12. The number of hydrogen-bond acceptors (Lipinski definition) is 7. The maximum atomic E-state index is 11.4. The van der Waals surface area contributed by atoms with E-state index in [0.717, 1.165) is 18.8 Å². The Labute approximate surface area is 129 Å². The van der Waals surface area contributed by atoms with Crippen LogP contribution >= 0.6 is 11.3 Å². The summed E-state index contributed by atoms with van der Waals surface area (Å²) in [5.74, 6) is 4.74. The Morgan fingerprint density at radius 2 is 1.95 bits per heavy atom. The molecule has 0 saturated carbocycles. The Kier molecular flexibility index (Phi) is 9.11. The molecule has 0 aliphatic rings. The van der Waals surface area contributed by atoms with Crippen molar-refractivity contribution in [3.05, 3.63) is 16.1 Å². The molecular weight excluding hydrogens is 292 g/mol. The number of nitrogen functional groups attached to an aromatic ring is 1. The second-order valence-electron chi connectivity index (χ2n) is 4.29. The molecule has 0 radical (unpaired) electrons. The van der Waals surface area contributed by atoms with Crippen molar-refractivity contribution in [2.75, 3.05) is 39.5 Å². The Bertz CT molecular complexity index is 404. The van der Waals surface area contributed by atoms with Crippen molar-refractivity contribution >= 4 is 17.2 Å². The van der Waals surface area contributed by atoms with Crippen molar-refractivity contribution < 1.29 is 14.3 Å². The van der Waals surface area contributed by atoms with Crippen molar-refractivity contribution in [3.8, 4) is 0 Å². The number of ether oxygens (including phenoxy) is 2. The van der Waals surface area contributed by atoms with Gasteiger partial charge in [0.25, 0.3) is 5.91 Å². The van der Waals surface area contributed by atoms with Gasteiger partial charge in [0.05, 0.1) is 18.9 Å². The van der Waals surface area contributed by atoms with E-state index in [0.29, 0.717) is 38.0 Å². The van der Waals surface area contributed by atoms with Gasteiger partial charge in [0.2, 0.25) is 0 Å². The predicted octanol–water partition coefficient (Wildman–Crippen LogP) is 0.622. The first-order valence-electron chi connectivity index (χ1n) is 7.04. The lowest BCUT2D eigenvalue weighted by Crippen LogP contribution is -2.31. The van der Waals surface area contributed by atoms with Crippen LogP contribution in [0.3, 0.4) is 0 Å². The second-order valence-corrected chi connectivity index (χ2v) is 5.15. The van der Waals surface area contributed by atoms with Crippen molar-refractivity contribution in [1.82, 2.24) is 15.3 Å². The molecule has 120 valence electrons. The van der Waals surface area contributed by atoms with Crippen LogP contribution in [0.1, 0.15) is 29.3 Å². The maximum Gasteiger partial charge on any atom is 0.294 e. The largest absolute Gasteiger partial charge is 0.380 e. The van der Waals surface area contributed by atoms with Crippen LogP contribution in [0.25, 0.3) is 0 Å². The number of hydrogen-bond donors (Lipinski definition) is 2. The summed E-state index contributed by atoms with van der Waals surface area (Å²) in [6.07, 6.45) is 0. The topological polar surface area (TPSA) is 89.7 Å². The van der Waals surface area contributed by atoms with Gasteiger partial charge in [0.15, 0.2) is 5.01 Å². The van der Waals surface area contributed by atoms with Gasteiger partial charge in [-0.15, -0.1) is 11.3 Å². The van der Waals surface area contributed by atoms with Crippen LogP contribution in [0.15, 0.2) is 5.38 Å². The molecule has 7 nitrogen and oxygen atoms in total. The third-order valence-electron chi connectivity index (χ3n) is 2.77. The molecule has 3 N–H and O–H groups in total. The predicted molar refractivity (Wildman–Crippen MR) is 82.0 cm³/mol. The summed E-state index contributed by atoms with van der Waals surface area (Å²) in [5.41, 5.74) is 2.94. The third-order valence-corrected chi connectivity index (χ3v) is 3.66. The maximum absolute atomic E-state index is 11.4. The Balaban J connectivity index is 2.52. The molecule has 0 aromatic carbocycles. The molecule has 0 atom stereocenters. The Morgan fingerprint density at radius 1 is 1.33 bits per heavy atom. The van der Waals surface area contributed by atoms with Gasteiger partial charge in [-0.25, -0.2) is 10.8 Å². The van der Waals surface area contributed by atoms with Gasteiger partial charge in [0.1, 0.15) is 0 Å². The highest BCUT2D eigenvalue weighted by molar-refractivity contribution is 7.11. The number of nitrogens with one attached hydrogen (secondary N) is 1. The molecule has 1 aromatic rings. The fourth-order valence-electron chi connectivity index (χ4n) is 1.72. The van der Waals surface area contributed by atoms with Gasteiger partial charge in [-0.3, -0.25) is 15.1 Å². The van der Waals surface area contributed by atoms with E-state index in [1.165, 1.54) is 11.3 Å². The lowest BCUT2D eigenvalue weighted by molar-refractivity contribution is 0.0792. The fourth-order valence-corrected chi connectivity index (χ4v) is 2.43. The number of carbonyl (C=O) groups is 1. The normalized spacial score (nSPS) is 11.0. The minimum absolute atomic E-state index is 0.360. The molecule has 1 amide bonds. The van der Waals surface area contributed by atoms with Crippen LogP contribution < -0.4 is 11.3 Å². The number of amides is 1. The number of carbonyl (C=O) groups excluding carboxylic acids is 1. The Hall–Kier alpha value is -1.06. The van der Waals surface area contributed by atoms with Gasteiger partial charge in [0, 0.05) is 38.2 Å². The summed E-state index contributed by atoms with van der Waals surface area (Å²) in [6, 6.07) is 0. The first-order chi connectivity index (χ1) is 10.2. The Morgan fingerprint density at radius 3 is 2.48 bits per heavy atom. The molecule has 8 heteroatoms. The van der Waals surface area contributed by atoms with Crippen molar-refractivity contribution in [1.29, 1.82) is 0 Å². The SMILES string of the molecule is CCOCCN(CCOCC)Cc1csc(C(=O)NN)n1. The summed E-state index contributed by atoms with van der Waals surface area (Å²) >= 11 is 1.29. The van der Waals surface area contributed by atoms with Crippen LogP contribution in [-0.4, -0.2) is 55.3 Å². The quantitative estimate of drug-likeness (QED) is 0.269. The van der Waals surface area contributed by atoms with E-state index in [1.54, 1.807) is 0 Å². The van der Waals surface area contributed by atoms with Gasteiger partial charge < -0.3 is 9.47 Å². The van der Waals surface area contributed by atoms with E-state index in [2.05, 4.69) is 15.3 Å². The van der Waals surface area contributed by atoms with E-state index < -0.39 is 0 Å². The average Bonchev–Trinajstić information content (AvgIpc) is 2.95. The monoisotopic (exact) mass is 316 g/mol. The van der Waals surface area contributed by atoms with E-state index in [9.17, 15) is 4.79 Å². The number of nitrogens with two attached hydrogens (primary N) is 1. The van der Waals surface area contributed by atoms with Crippen LogP contribution in [0.4, 0.5) is 0 Å². The summed E-state index contributed by atoms with van der Waals surface area (Å²) in [5, 5.41) is 2.25. The molecule has 0 saturated heterocycles. The van der Waals surface area contributed by atoms with Crippen molar-refractivity contribution in [2.24, 2.45) is 5.84 Å². The average molecular weight is 316 g/mol. The molecule has 0 unspecified atom stereocenters. The first kappa shape index (κ1) is 18.0. The van der Waals surface area contributed by atoms with Crippen LogP contribution in [0.2, 0.25) is 0 Å². The van der Waals surface area contributed by atoms with Gasteiger partial charge in [-0.2, -0.15) is 0 Å². The van der Waals surface area contributed by atoms with Crippen molar-refractivity contribution in [3.63, 3.8) is 0 Å². The van der Waals surface area contributed by atoms with Crippen molar-refractivity contribution in [2.45, 2.75) is 20.4 Å². The zero-order chi connectivity index (χ0) is 15.5. The van der Waals surface area contributed by atoms with Gasteiger partial charge in [-0.1, -0.05) is 0 Å². The third kappa shape index (κ3) is 6.96. The molecule has 0 spiro atoms. The lowest BCUT2D eigenvalue weighted by atomic mass is 10.4. The molecule has 0 bridgehead atoms. The molecule has 1 heterocycles. The highest BCUT2D eigenvalue weighted by atomic mass is 32.1. The fraction of sp³-hybridized carbons (Fsp3) is 0.692. The van der Waals surface area contributed by atoms with Crippen LogP contribution in [0, 0.1) is 0 Å². The summed E-state index contributed by atoms with van der Waals surface area (Å²) in [7, 11) is 0. The summed E-state index contributed by atoms with van der Waals surface area (Å²) < 4.78 is 10.8.